The zero-order chi connectivity index (χ0) is 22.9. The van der Waals surface area contributed by atoms with E-state index >= 15 is 0 Å². The minimum Gasteiger partial charge on any atom is -0.480 e. The van der Waals surface area contributed by atoms with Crippen molar-refractivity contribution < 1.29 is 19.4 Å². The smallest absolute Gasteiger partial charge is 0.326 e. The van der Waals surface area contributed by atoms with Gasteiger partial charge in [0.05, 0.1) is 21.3 Å². The van der Waals surface area contributed by atoms with E-state index in [9.17, 15) is 14.7 Å². The van der Waals surface area contributed by atoms with Gasteiger partial charge in [0.25, 0.3) is 5.91 Å². The lowest BCUT2D eigenvalue weighted by molar-refractivity contribution is -0.147. The van der Waals surface area contributed by atoms with Gasteiger partial charge < -0.3 is 15.2 Å². The number of halogens is 2. The number of hydrogen-bond acceptors (Lipinski definition) is 4. The van der Waals surface area contributed by atoms with E-state index in [1.54, 1.807) is 25.1 Å². The van der Waals surface area contributed by atoms with Crippen molar-refractivity contribution in [3.8, 4) is 11.3 Å². The summed E-state index contributed by atoms with van der Waals surface area (Å²) in [6, 6.07) is 13.5. The number of carbonyl (C=O) groups is 2. The van der Waals surface area contributed by atoms with Gasteiger partial charge in [0, 0.05) is 24.0 Å². The molecule has 2 atom stereocenters. The number of rotatable bonds is 6. The van der Waals surface area contributed by atoms with Gasteiger partial charge in [-0.25, -0.2) is 9.78 Å². The lowest BCUT2D eigenvalue weighted by Gasteiger charge is -2.24. The number of pyridine rings is 1. The summed E-state index contributed by atoms with van der Waals surface area (Å²) < 4.78 is 5.52. The van der Waals surface area contributed by atoms with Gasteiger partial charge in [0.2, 0.25) is 0 Å². The van der Waals surface area contributed by atoms with Crippen LogP contribution < -0.4 is 5.32 Å². The zero-order valence-corrected chi connectivity index (χ0v) is 18.9. The quantitative estimate of drug-likeness (QED) is 0.532. The van der Waals surface area contributed by atoms with E-state index in [1.165, 1.54) is 0 Å². The number of amides is 1. The minimum atomic E-state index is -1.10. The molecule has 1 aliphatic heterocycles. The maximum atomic E-state index is 12.6. The van der Waals surface area contributed by atoms with Crippen molar-refractivity contribution in [1.82, 2.24) is 10.3 Å². The Hall–Kier alpha value is -2.67. The molecule has 1 unspecified atom stereocenters. The van der Waals surface area contributed by atoms with Crippen molar-refractivity contribution in [1.29, 1.82) is 0 Å². The van der Waals surface area contributed by atoms with E-state index in [1.807, 2.05) is 30.3 Å². The van der Waals surface area contributed by atoms with E-state index in [2.05, 4.69) is 10.3 Å². The monoisotopic (exact) mass is 472 g/mol. The van der Waals surface area contributed by atoms with Crippen LogP contribution in [0, 0.1) is 0 Å². The van der Waals surface area contributed by atoms with Crippen LogP contribution in [0.25, 0.3) is 22.2 Å². The number of fused-ring (bicyclic) bond motifs is 1. The number of carbonyl (C=O) groups excluding carboxylic acids is 1. The van der Waals surface area contributed by atoms with Gasteiger partial charge in [-0.3, -0.25) is 4.79 Å². The standard InChI is InChI=1S/C24H22Cl2N2O4/c1-24(10-3-11-32-24)23(31)28-20(22(29)30)13-14-6-8-18-15(12-14)7-9-19(27-18)21-16(25)4-2-5-17(21)26/h2,4-9,12,20H,3,10-11,13H2,1H3,(H,28,31)(H,29,30)/t20?,24-/m1/s1. The summed E-state index contributed by atoms with van der Waals surface area (Å²) in [5.41, 5.74) is 1.84. The Bertz CT molecular complexity index is 1170. The molecule has 32 heavy (non-hydrogen) atoms. The summed E-state index contributed by atoms with van der Waals surface area (Å²) in [5, 5.41) is 14.1. The number of benzene rings is 2. The maximum absolute atomic E-state index is 12.6. The minimum absolute atomic E-state index is 0.144. The highest BCUT2D eigenvalue weighted by Gasteiger charge is 2.39. The van der Waals surface area contributed by atoms with Crippen LogP contribution in [0.3, 0.4) is 0 Å². The Balaban J connectivity index is 1.56. The third-order valence-electron chi connectivity index (χ3n) is 5.71. The highest BCUT2D eigenvalue weighted by atomic mass is 35.5. The van der Waals surface area contributed by atoms with Crippen LogP contribution in [0.1, 0.15) is 25.3 Å². The predicted octanol–water partition coefficient (Wildman–Crippen LogP) is 4.89. The van der Waals surface area contributed by atoms with Crippen LogP contribution in [0.15, 0.2) is 48.5 Å². The summed E-state index contributed by atoms with van der Waals surface area (Å²) in [7, 11) is 0. The first-order valence-corrected chi connectivity index (χ1v) is 11.0. The molecule has 0 aliphatic carbocycles. The zero-order valence-electron chi connectivity index (χ0n) is 17.4. The molecule has 2 aromatic carbocycles. The molecule has 4 rings (SSSR count). The first-order valence-electron chi connectivity index (χ1n) is 10.3. The van der Waals surface area contributed by atoms with Crippen molar-refractivity contribution in [2.75, 3.05) is 6.61 Å². The first-order chi connectivity index (χ1) is 15.3. The van der Waals surface area contributed by atoms with Crippen molar-refractivity contribution in [2.45, 2.75) is 37.8 Å². The van der Waals surface area contributed by atoms with Crippen LogP contribution in [-0.4, -0.2) is 40.2 Å². The molecule has 6 nitrogen and oxygen atoms in total. The Morgan fingerprint density at radius 3 is 2.59 bits per heavy atom. The molecule has 1 aromatic heterocycles. The van der Waals surface area contributed by atoms with Crippen LogP contribution in [0.5, 0.6) is 0 Å². The second-order valence-corrected chi connectivity index (χ2v) is 8.89. The summed E-state index contributed by atoms with van der Waals surface area (Å²) in [4.78, 5) is 29.0. The van der Waals surface area contributed by atoms with Crippen molar-refractivity contribution in [3.05, 3.63) is 64.1 Å². The summed E-state index contributed by atoms with van der Waals surface area (Å²) in [6.07, 6.45) is 1.50. The van der Waals surface area contributed by atoms with Crippen LogP contribution >= 0.6 is 23.2 Å². The highest BCUT2D eigenvalue weighted by molar-refractivity contribution is 6.39. The number of aliphatic carboxylic acids is 1. The number of ether oxygens (including phenoxy) is 1. The average molecular weight is 473 g/mol. The second kappa shape index (κ2) is 9.06. The number of aromatic nitrogens is 1. The third-order valence-corrected chi connectivity index (χ3v) is 6.34. The molecule has 0 radical (unpaired) electrons. The van der Waals surface area contributed by atoms with Crippen LogP contribution in [0.4, 0.5) is 0 Å². The molecule has 1 aliphatic rings. The molecule has 0 saturated carbocycles. The van der Waals surface area contributed by atoms with Crippen molar-refractivity contribution >= 4 is 46.0 Å². The normalized spacial score (nSPS) is 19.1. The molecular formula is C24H22Cl2N2O4. The van der Waals surface area contributed by atoms with Crippen LogP contribution in [-0.2, 0) is 20.7 Å². The Morgan fingerprint density at radius 2 is 1.94 bits per heavy atom. The fourth-order valence-corrected chi connectivity index (χ4v) is 4.48. The lowest BCUT2D eigenvalue weighted by Crippen LogP contribution is -2.51. The van der Waals surface area contributed by atoms with E-state index in [0.29, 0.717) is 34.3 Å². The number of carboxylic acid groups (broad SMARTS) is 1. The van der Waals surface area contributed by atoms with Crippen molar-refractivity contribution in [2.24, 2.45) is 0 Å². The lowest BCUT2D eigenvalue weighted by atomic mass is 9.99. The Morgan fingerprint density at radius 1 is 1.19 bits per heavy atom. The number of nitrogens with zero attached hydrogens (tertiary/aromatic N) is 1. The van der Waals surface area contributed by atoms with Gasteiger partial charge in [0.1, 0.15) is 11.6 Å². The molecule has 8 heteroatoms. The molecule has 0 spiro atoms. The van der Waals surface area contributed by atoms with E-state index in [-0.39, 0.29) is 6.42 Å². The fraction of sp³-hybridized carbons (Fsp3) is 0.292. The van der Waals surface area contributed by atoms with Gasteiger partial charge in [-0.15, -0.1) is 0 Å². The van der Waals surface area contributed by atoms with Gasteiger partial charge in [0.15, 0.2) is 0 Å². The number of nitrogens with one attached hydrogen (secondary N) is 1. The van der Waals surface area contributed by atoms with Gasteiger partial charge in [-0.1, -0.05) is 41.4 Å². The molecular weight excluding hydrogens is 451 g/mol. The van der Waals surface area contributed by atoms with E-state index in [4.69, 9.17) is 27.9 Å². The van der Waals surface area contributed by atoms with E-state index in [0.717, 1.165) is 22.9 Å². The topological polar surface area (TPSA) is 88.5 Å². The summed E-state index contributed by atoms with van der Waals surface area (Å²) in [5.74, 6) is -1.49. The van der Waals surface area contributed by atoms with E-state index < -0.39 is 23.5 Å². The van der Waals surface area contributed by atoms with Gasteiger partial charge in [-0.05, 0) is 55.7 Å². The fourth-order valence-electron chi connectivity index (χ4n) is 3.89. The van der Waals surface area contributed by atoms with Crippen LogP contribution in [0.2, 0.25) is 10.0 Å². The summed E-state index contributed by atoms with van der Waals surface area (Å²) >= 11 is 12.6. The molecule has 0 bridgehead atoms. The Kier molecular flexibility index (Phi) is 6.38. The highest BCUT2D eigenvalue weighted by Crippen LogP contribution is 2.34. The number of hydrogen-bond donors (Lipinski definition) is 2. The first kappa shape index (κ1) is 22.5. The molecule has 166 valence electrons. The van der Waals surface area contributed by atoms with Gasteiger partial charge >= 0.3 is 5.97 Å². The number of carboxylic acids is 1. The molecule has 1 saturated heterocycles. The largest absolute Gasteiger partial charge is 0.480 e. The van der Waals surface area contributed by atoms with Crippen molar-refractivity contribution in [3.63, 3.8) is 0 Å². The molecule has 2 heterocycles. The summed E-state index contributed by atoms with van der Waals surface area (Å²) in [6.45, 7) is 2.19. The predicted molar refractivity (Wildman–Crippen MR) is 124 cm³/mol. The second-order valence-electron chi connectivity index (χ2n) is 8.07. The molecule has 2 N–H and O–H groups in total. The van der Waals surface area contributed by atoms with Gasteiger partial charge in [-0.2, -0.15) is 0 Å². The Labute approximate surface area is 195 Å². The third kappa shape index (κ3) is 4.58. The molecule has 1 amide bonds. The average Bonchev–Trinajstić information content (AvgIpc) is 3.21. The molecule has 3 aromatic rings. The maximum Gasteiger partial charge on any atom is 0.326 e. The SMILES string of the molecule is C[C@]1(C(=O)NC(Cc2ccc3nc(-c4c(Cl)cccc4Cl)ccc3c2)C(=O)O)CCCO1. The molecule has 1 fully saturated rings.